The molecule has 7 nitrogen and oxygen atoms in total. The zero-order valence-corrected chi connectivity index (χ0v) is 15.6. The molecule has 1 aromatic carbocycles. The third kappa shape index (κ3) is 4.98. The van der Waals surface area contributed by atoms with Gasteiger partial charge in [0.15, 0.2) is 11.5 Å². The molecule has 2 heterocycles. The highest BCUT2D eigenvalue weighted by Gasteiger charge is 2.25. The number of aliphatic hydroxyl groups excluding tert-OH is 2. The standard InChI is InChI=1S/C20H21F2N3O4/c21-13-5-4-12(16(22)7-13)9-24-20(29)15-10-23-14-3-1-2-6-25(11-14)18(27)8-17(26)19(15)28/h4-5,7-8,10,14,26,28H,1-3,6,9,11H2,(H,24,29)/b17-8-,19-15?,23-10?/t14-/m1/s1. The number of nitrogens with one attached hydrogen (secondary N) is 1. The first kappa shape index (κ1) is 20.5. The summed E-state index contributed by atoms with van der Waals surface area (Å²) in [5, 5.41) is 22.8. The molecule has 2 aliphatic heterocycles. The molecule has 3 N–H and O–H groups in total. The second kappa shape index (κ2) is 8.85. The number of carbonyl (C=O) groups is 2. The number of carbonyl (C=O) groups excluding carboxylic acids is 2. The van der Waals surface area contributed by atoms with E-state index in [9.17, 15) is 28.6 Å². The molecular formula is C20H21F2N3O4. The van der Waals surface area contributed by atoms with Crippen molar-refractivity contribution in [1.82, 2.24) is 10.2 Å². The van der Waals surface area contributed by atoms with Crippen molar-refractivity contribution in [2.75, 3.05) is 13.1 Å². The minimum atomic E-state index is -0.826. The Labute approximate surface area is 166 Å². The number of aliphatic imine (C=N–C) groups is 1. The van der Waals surface area contributed by atoms with Gasteiger partial charge in [-0.15, -0.1) is 0 Å². The van der Waals surface area contributed by atoms with Crippen LogP contribution in [0.3, 0.4) is 0 Å². The van der Waals surface area contributed by atoms with Gasteiger partial charge in [0.25, 0.3) is 5.91 Å². The molecule has 1 atom stereocenters. The van der Waals surface area contributed by atoms with E-state index in [1.54, 1.807) is 4.90 Å². The fourth-order valence-corrected chi connectivity index (χ4v) is 3.20. The van der Waals surface area contributed by atoms with Gasteiger partial charge in [0, 0.05) is 43.6 Å². The van der Waals surface area contributed by atoms with Crippen LogP contribution in [0.1, 0.15) is 24.8 Å². The second-order valence-corrected chi connectivity index (χ2v) is 6.92. The molecule has 0 aliphatic carbocycles. The molecule has 9 heteroatoms. The number of aliphatic hydroxyl groups is 2. The number of rotatable bonds is 3. The number of benzene rings is 1. The van der Waals surface area contributed by atoms with Crippen molar-refractivity contribution in [1.29, 1.82) is 0 Å². The van der Waals surface area contributed by atoms with Gasteiger partial charge in [-0.1, -0.05) is 6.07 Å². The van der Waals surface area contributed by atoms with E-state index in [1.165, 1.54) is 6.07 Å². The number of hydrogen-bond donors (Lipinski definition) is 3. The maximum Gasteiger partial charge on any atom is 0.257 e. The molecule has 154 valence electrons. The van der Waals surface area contributed by atoms with E-state index in [-0.39, 0.29) is 23.7 Å². The average Bonchev–Trinajstić information content (AvgIpc) is 2.92. The predicted octanol–water partition coefficient (Wildman–Crippen LogP) is 2.30. The van der Waals surface area contributed by atoms with E-state index in [1.807, 2.05) is 0 Å². The number of halogens is 2. The van der Waals surface area contributed by atoms with Gasteiger partial charge in [-0.05, 0) is 25.3 Å². The monoisotopic (exact) mass is 405 g/mol. The Balaban J connectivity index is 1.86. The molecule has 2 amide bonds. The number of nitrogens with zero attached hydrogens (tertiary/aromatic N) is 2. The van der Waals surface area contributed by atoms with Crippen LogP contribution in [0.25, 0.3) is 0 Å². The van der Waals surface area contributed by atoms with Crippen molar-refractivity contribution in [3.05, 3.63) is 58.6 Å². The van der Waals surface area contributed by atoms with Crippen LogP contribution in [0.4, 0.5) is 8.78 Å². The van der Waals surface area contributed by atoms with Crippen molar-refractivity contribution in [2.24, 2.45) is 4.99 Å². The summed E-state index contributed by atoms with van der Waals surface area (Å²) >= 11 is 0. The van der Waals surface area contributed by atoms with E-state index >= 15 is 0 Å². The quantitative estimate of drug-likeness (QED) is 0.718. The van der Waals surface area contributed by atoms with Gasteiger partial charge in [-0.2, -0.15) is 0 Å². The Morgan fingerprint density at radius 3 is 2.83 bits per heavy atom. The fraction of sp³-hybridized carbons (Fsp3) is 0.350. The molecule has 0 spiro atoms. The van der Waals surface area contributed by atoms with E-state index < -0.39 is 35.0 Å². The molecule has 0 radical (unpaired) electrons. The Kier molecular flexibility index (Phi) is 6.26. The normalized spacial score (nSPS) is 22.0. The zero-order valence-electron chi connectivity index (χ0n) is 15.6. The zero-order chi connectivity index (χ0) is 21.0. The maximum absolute atomic E-state index is 13.8. The highest BCUT2D eigenvalue weighted by Crippen LogP contribution is 2.18. The molecule has 0 aromatic heterocycles. The predicted molar refractivity (Wildman–Crippen MR) is 101 cm³/mol. The first-order valence-corrected chi connectivity index (χ1v) is 9.23. The molecule has 0 saturated carbocycles. The topological polar surface area (TPSA) is 102 Å². The number of hydrogen-bond acceptors (Lipinski definition) is 5. The SMILES string of the molecule is O=C(NCc1ccc(F)cc1F)C1=C(O)/C(O)=C/C(=O)N2CCCC[C@H](C2)N=C1. The lowest BCUT2D eigenvalue weighted by Crippen LogP contribution is -2.36. The minimum absolute atomic E-state index is 0.0472. The van der Waals surface area contributed by atoms with Crippen molar-refractivity contribution in [3.63, 3.8) is 0 Å². The smallest absolute Gasteiger partial charge is 0.257 e. The van der Waals surface area contributed by atoms with Gasteiger partial charge in [-0.25, -0.2) is 8.78 Å². The third-order valence-corrected chi connectivity index (χ3v) is 4.83. The number of amides is 2. The minimum Gasteiger partial charge on any atom is -0.504 e. The highest BCUT2D eigenvalue weighted by molar-refractivity contribution is 6.13. The van der Waals surface area contributed by atoms with Crippen LogP contribution in [-0.4, -0.2) is 52.3 Å². The van der Waals surface area contributed by atoms with Gasteiger partial charge in [0.05, 0.1) is 6.04 Å². The Morgan fingerprint density at radius 2 is 2.07 bits per heavy atom. The molecule has 2 bridgehead atoms. The lowest BCUT2D eigenvalue weighted by molar-refractivity contribution is -0.126. The van der Waals surface area contributed by atoms with Crippen LogP contribution < -0.4 is 5.32 Å². The Hall–Kier alpha value is -3.23. The van der Waals surface area contributed by atoms with Crippen LogP contribution in [-0.2, 0) is 16.1 Å². The van der Waals surface area contributed by atoms with Crippen LogP contribution in [0, 0.1) is 11.6 Å². The van der Waals surface area contributed by atoms with Crippen molar-refractivity contribution < 1.29 is 28.6 Å². The van der Waals surface area contributed by atoms with E-state index in [0.717, 1.165) is 31.2 Å². The summed E-state index contributed by atoms with van der Waals surface area (Å²) in [5.74, 6) is -4.44. The van der Waals surface area contributed by atoms with Gasteiger partial charge >= 0.3 is 0 Å². The average molecular weight is 405 g/mol. The fourth-order valence-electron chi connectivity index (χ4n) is 3.20. The van der Waals surface area contributed by atoms with Gasteiger partial charge < -0.3 is 20.4 Å². The summed E-state index contributed by atoms with van der Waals surface area (Å²) in [7, 11) is 0. The second-order valence-electron chi connectivity index (χ2n) is 6.92. The van der Waals surface area contributed by atoms with E-state index in [4.69, 9.17) is 0 Å². The molecular weight excluding hydrogens is 384 g/mol. The van der Waals surface area contributed by atoms with Gasteiger partial charge in [0.2, 0.25) is 5.91 Å². The van der Waals surface area contributed by atoms with E-state index in [0.29, 0.717) is 25.6 Å². The molecule has 3 rings (SSSR count). The van der Waals surface area contributed by atoms with Crippen molar-refractivity contribution >= 4 is 18.0 Å². The largest absolute Gasteiger partial charge is 0.504 e. The van der Waals surface area contributed by atoms with Gasteiger partial charge in [-0.3, -0.25) is 14.6 Å². The Morgan fingerprint density at radius 1 is 1.28 bits per heavy atom. The van der Waals surface area contributed by atoms with Crippen molar-refractivity contribution in [3.8, 4) is 0 Å². The van der Waals surface area contributed by atoms with Gasteiger partial charge in [0.1, 0.15) is 17.2 Å². The van der Waals surface area contributed by atoms with Crippen LogP contribution in [0.2, 0.25) is 0 Å². The first-order valence-electron chi connectivity index (χ1n) is 9.23. The molecule has 1 fully saturated rings. The maximum atomic E-state index is 13.8. The lowest BCUT2D eigenvalue weighted by atomic mass is 10.1. The molecule has 0 unspecified atom stereocenters. The van der Waals surface area contributed by atoms with Crippen LogP contribution in [0.5, 0.6) is 0 Å². The lowest BCUT2D eigenvalue weighted by Gasteiger charge is -2.22. The summed E-state index contributed by atoms with van der Waals surface area (Å²) in [6.07, 6.45) is 4.38. The highest BCUT2D eigenvalue weighted by atomic mass is 19.1. The van der Waals surface area contributed by atoms with E-state index in [2.05, 4.69) is 10.3 Å². The van der Waals surface area contributed by atoms with Crippen LogP contribution in [0.15, 0.2) is 46.4 Å². The summed E-state index contributed by atoms with van der Waals surface area (Å²) in [6, 6.07) is 2.70. The summed E-state index contributed by atoms with van der Waals surface area (Å²) < 4.78 is 26.8. The summed E-state index contributed by atoms with van der Waals surface area (Å²) in [4.78, 5) is 30.7. The summed E-state index contributed by atoms with van der Waals surface area (Å²) in [6.45, 7) is 0.599. The van der Waals surface area contributed by atoms with Crippen molar-refractivity contribution in [2.45, 2.75) is 31.8 Å². The Bertz CT molecular complexity index is 911. The molecule has 1 saturated heterocycles. The molecule has 29 heavy (non-hydrogen) atoms. The first-order chi connectivity index (χ1) is 13.8. The van der Waals surface area contributed by atoms with Crippen LogP contribution >= 0.6 is 0 Å². The number of fused-ring (bicyclic) bond motifs is 2. The molecule has 1 aromatic rings. The summed E-state index contributed by atoms with van der Waals surface area (Å²) in [5.41, 5.74) is -0.308. The molecule has 2 aliphatic rings. The third-order valence-electron chi connectivity index (χ3n) is 4.83.